The minimum Gasteiger partial charge on any atom is -0.347 e. The number of amides is 1. The molecular weight excluding hydrogens is 414 g/mol. The molecule has 0 unspecified atom stereocenters. The fourth-order valence-electron chi connectivity index (χ4n) is 3.17. The molecule has 4 nitrogen and oxygen atoms in total. The van der Waals surface area contributed by atoms with Gasteiger partial charge in [-0.25, -0.2) is 4.98 Å². The van der Waals surface area contributed by atoms with Gasteiger partial charge in [0, 0.05) is 23.1 Å². The van der Waals surface area contributed by atoms with Crippen molar-refractivity contribution in [3.8, 4) is 27.9 Å². The van der Waals surface area contributed by atoms with Gasteiger partial charge < -0.3 is 5.32 Å². The molecule has 0 aliphatic rings. The molecule has 156 valence electrons. The summed E-state index contributed by atoms with van der Waals surface area (Å²) in [6.07, 6.45) is 1.59. The van der Waals surface area contributed by atoms with Crippen molar-refractivity contribution in [3.05, 3.63) is 107 Å². The zero-order valence-corrected chi connectivity index (χ0v) is 18.4. The van der Waals surface area contributed by atoms with Crippen LogP contribution in [0.3, 0.4) is 0 Å². The average molecular weight is 436 g/mol. The second-order valence-corrected chi connectivity index (χ2v) is 8.22. The van der Waals surface area contributed by atoms with Crippen molar-refractivity contribution in [2.75, 3.05) is 0 Å². The predicted octanol–water partition coefficient (Wildman–Crippen LogP) is 6.01. The maximum absolute atomic E-state index is 12.4. The van der Waals surface area contributed by atoms with E-state index in [1.807, 2.05) is 60.7 Å². The van der Waals surface area contributed by atoms with E-state index in [0.29, 0.717) is 6.54 Å². The van der Waals surface area contributed by atoms with Crippen LogP contribution < -0.4 is 5.32 Å². The Morgan fingerprint density at radius 2 is 1.69 bits per heavy atom. The zero-order valence-electron chi connectivity index (χ0n) is 17.6. The normalized spacial score (nSPS) is 11.1. The molecule has 1 heterocycles. The number of carbonyl (C=O) groups is 1. The molecule has 0 bridgehead atoms. The Morgan fingerprint density at radius 3 is 2.38 bits per heavy atom. The van der Waals surface area contributed by atoms with Crippen LogP contribution in [-0.4, -0.2) is 10.9 Å². The largest absolute Gasteiger partial charge is 0.347 e. The number of nitriles is 1. The van der Waals surface area contributed by atoms with Gasteiger partial charge in [0.2, 0.25) is 0 Å². The lowest BCUT2D eigenvalue weighted by molar-refractivity contribution is -0.117. The number of hydrogen-bond donors (Lipinski definition) is 1. The first kappa shape index (κ1) is 21.2. The van der Waals surface area contributed by atoms with Crippen LogP contribution in [0.1, 0.15) is 16.7 Å². The summed E-state index contributed by atoms with van der Waals surface area (Å²) in [4.78, 5) is 17.2. The van der Waals surface area contributed by atoms with Crippen LogP contribution in [0.5, 0.6) is 0 Å². The van der Waals surface area contributed by atoms with Crippen molar-refractivity contribution in [2.45, 2.75) is 13.5 Å². The standard InChI is InChI=1S/C27H21N3OS/c1-19-7-11-22(12-8-19)25-18-32-27(30-25)23-13-9-21(10-14-23)17-29-26(31)24(16-28)15-20-5-3-2-4-6-20/h2-15,18H,17H2,1H3,(H,29,31)/b24-15+. The fraction of sp³-hybridized carbons (Fsp3) is 0.0741. The van der Waals surface area contributed by atoms with Gasteiger partial charge in [0.15, 0.2) is 0 Å². The van der Waals surface area contributed by atoms with E-state index in [1.165, 1.54) is 5.56 Å². The Bertz CT molecular complexity index is 1280. The molecule has 0 atom stereocenters. The lowest BCUT2D eigenvalue weighted by atomic mass is 10.1. The average Bonchev–Trinajstić information content (AvgIpc) is 3.33. The molecule has 0 saturated carbocycles. The molecular formula is C27H21N3OS. The molecule has 0 fully saturated rings. The molecule has 3 aromatic carbocycles. The number of nitrogens with zero attached hydrogens (tertiary/aromatic N) is 2. The predicted molar refractivity (Wildman–Crippen MR) is 130 cm³/mol. The molecule has 32 heavy (non-hydrogen) atoms. The monoisotopic (exact) mass is 435 g/mol. The van der Waals surface area contributed by atoms with Gasteiger partial charge in [0.05, 0.1) is 5.69 Å². The fourth-order valence-corrected chi connectivity index (χ4v) is 4.01. The third-order valence-electron chi connectivity index (χ3n) is 4.98. The van der Waals surface area contributed by atoms with Crippen LogP contribution in [0, 0.1) is 18.3 Å². The van der Waals surface area contributed by atoms with Gasteiger partial charge in [-0.1, -0.05) is 84.4 Å². The van der Waals surface area contributed by atoms with E-state index in [2.05, 4.69) is 41.9 Å². The van der Waals surface area contributed by atoms with Crippen molar-refractivity contribution in [1.82, 2.24) is 10.3 Å². The minimum absolute atomic E-state index is 0.0826. The maximum atomic E-state index is 12.4. The number of carbonyl (C=O) groups excluding carboxylic acids is 1. The summed E-state index contributed by atoms with van der Waals surface area (Å²) in [6.45, 7) is 2.42. The Morgan fingerprint density at radius 1 is 1.00 bits per heavy atom. The van der Waals surface area contributed by atoms with E-state index in [-0.39, 0.29) is 11.5 Å². The highest BCUT2D eigenvalue weighted by molar-refractivity contribution is 7.13. The van der Waals surface area contributed by atoms with E-state index in [1.54, 1.807) is 17.4 Å². The molecule has 1 amide bonds. The summed E-state index contributed by atoms with van der Waals surface area (Å²) >= 11 is 1.61. The van der Waals surface area contributed by atoms with Gasteiger partial charge in [0.25, 0.3) is 5.91 Å². The van der Waals surface area contributed by atoms with Crippen LogP contribution in [0.25, 0.3) is 27.9 Å². The number of hydrogen-bond acceptors (Lipinski definition) is 4. The van der Waals surface area contributed by atoms with Crippen molar-refractivity contribution in [2.24, 2.45) is 0 Å². The molecule has 5 heteroatoms. The van der Waals surface area contributed by atoms with Gasteiger partial charge in [-0.15, -0.1) is 11.3 Å². The first-order valence-electron chi connectivity index (χ1n) is 10.2. The van der Waals surface area contributed by atoms with E-state index >= 15 is 0 Å². The Balaban J connectivity index is 1.40. The van der Waals surface area contributed by atoms with Crippen molar-refractivity contribution in [1.29, 1.82) is 5.26 Å². The minimum atomic E-state index is -0.386. The van der Waals surface area contributed by atoms with Crippen LogP contribution >= 0.6 is 11.3 Å². The second-order valence-electron chi connectivity index (χ2n) is 7.36. The summed E-state index contributed by atoms with van der Waals surface area (Å²) in [5.41, 5.74) is 6.19. The lowest BCUT2D eigenvalue weighted by Gasteiger charge is -2.06. The third-order valence-corrected chi connectivity index (χ3v) is 5.87. The smallest absolute Gasteiger partial charge is 0.262 e. The van der Waals surface area contributed by atoms with Gasteiger partial charge in [-0.05, 0) is 24.1 Å². The number of aromatic nitrogens is 1. The van der Waals surface area contributed by atoms with Crippen molar-refractivity contribution >= 4 is 23.3 Å². The highest BCUT2D eigenvalue weighted by Gasteiger charge is 2.10. The number of benzene rings is 3. The molecule has 0 saturated heterocycles. The summed E-state index contributed by atoms with van der Waals surface area (Å²) < 4.78 is 0. The van der Waals surface area contributed by atoms with Crippen molar-refractivity contribution < 1.29 is 4.79 Å². The van der Waals surface area contributed by atoms with Gasteiger partial charge in [0.1, 0.15) is 16.6 Å². The molecule has 0 aliphatic carbocycles. The quantitative estimate of drug-likeness (QED) is 0.298. The summed E-state index contributed by atoms with van der Waals surface area (Å²) in [5.74, 6) is -0.386. The van der Waals surface area contributed by atoms with Crippen molar-refractivity contribution in [3.63, 3.8) is 0 Å². The number of nitrogens with one attached hydrogen (secondary N) is 1. The molecule has 1 N–H and O–H groups in total. The Kier molecular flexibility index (Phi) is 6.54. The van der Waals surface area contributed by atoms with Gasteiger partial charge >= 0.3 is 0 Å². The first-order chi connectivity index (χ1) is 15.6. The van der Waals surface area contributed by atoms with Gasteiger partial charge in [-0.3, -0.25) is 4.79 Å². The summed E-state index contributed by atoms with van der Waals surface area (Å²) in [7, 11) is 0. The topological polar surface area (TPSA) is 65.8 Å². The second kappa shape index (κ2) is 9.86. The summed E-state index contributed by atoms with van der Waals surface area (Å²) in [6, 6.07) is 27.6. The first-order valence-corrected chi connectivity index (χ1v) is 11.1. The molecule has 1 aromatic heterocycles. The molecule has 0 spiro atoms. The van der Waals surface area contributed by atoms with E-state index in [9.17, 15) is 10.1 Å². The molecule has 4 rings (SSSR count). The van der Waals surface area contributed by atoms with E-state index in [4.69, 9.17) is 4.98 Å². The summed E-state index contributed by atoms with van der Waals surface area (Å²) in [5, 5.41) is 15.2. The number of aryl methyl sites for hydroxylation is 1. The lowest BCUT2D eigenvalue weighted by Crippen LogP contribution is -2.23. The SMILES string of the molecule is Cc1ccc(-c2csc(-c3ccc(CNC(=O)/C(C#N)=C/c4ccccc4)cc3)n2)cc1. The number of thiazole rings is 1. The van der Waals surface area contributed by atoms with Crippen LogP contribution in [0.4, 0.5) is 0 Å². The Labute approximate surface area is 191 Å². The maximum Gasteiger partial charge on any atom is 0.262 e. The highest BCUT2D eigenvalue weighted by atomic mass is 32.1. The highest BCUT2D eigenvalue weighted by Crippen LogP contribution is 2.29. The Hall–Kier alpha value is -4.01. The van der Waals surface area contributed by atoms with Crippen LogP contribution in [0.15, 0.2) is 89.8 Å². The zero-order chi connectivity index (χ0) is 22.3. The molecule has 0 aliphatic heterocycles. The van der Waals surface area contributed by atoms with E-state index < -0.39 is 0 Å². The van der Waals surface area contributed by atoms with E-state index in [0.717, 1.165) is 33.0 Å². The number of rotatable bonds is 6. The van der Waals surface area contributed by atoms with Crippen LogP contribution in [0.2, 0.25) is 0 Å². The van der Waals surface area contributed by atoms with Crippen LogP contribution in [-0.2, 0) is 11.3 Å². The molecule has 0 radical (unpaired) electrons. The molecule has 4 aromatic rings. The third kappa shape index (κ3) is 5.18. The van der Waals surface area contributed by atoms with Gasteiger partial charge in [-0.2, -0.15) is 5.26 Å².